The first kappa shape index (κ1) is 13.6. The van der Waals surface area contributed by atoms with Crippen LogP contribution in [0, 0.1) is 0 Å². The standard InChI is InChI=1S/C12H9ClF3N3/c13-11-10(17)6-9(18-19-11)5-7-2-1-3-8(4-7)12(14,15)16/h1-4,6H,5H2,(H2,17,18). The van der Waals surface area contributed by atoms with Crippen LogP contribution in [0.5, 0.6) is 0 Å². The van der Waals surface area contributed by atoms with E-state index in [1.165, 1.54) is 12.1 Å². The largest absolute Gasteiger partial charge is 0.416 e. The Hall–Kier alpha value is -1.82. The summed E-state index contributed by atoms with van der Waals surface area (Å²) in [7, 11) is 0. The van der Waals surface area contributed by atoms with Gasteiger partial charge in [-0.3, -0.25) is 0 Å². The van der Waals surface area contributed by atoms with Crippen molar-refractivity contribution in [2.45, 2.75) is 12.6 Å². The molecule has 0 unspecified atom stereocenters. The van der Waals surface area contributed by atoms with E-state index in [0.29, 0.717) is 11.3 Å². The fourth-order valence-corrected chi connectivity index (χ4v) is 1.68. The Morgan fingerprint density at radius 1 is 1.16 bits per heavy atom. The number of rotatable bonds is 2. The maximum absolute atomic E-state index is 12.6. The third kappa shape index (κ3) is 3.35. The van der Waals surface area contributed by atoms with E-state index in [1.807, 2.05) is 0 Å². The molecule has 100 valence electrons. The lowest BCUT2D eigenvalue weighted by atomic mass is 10.1. The highest BCUT2D eigenvalue weighted by Crippen LogP contribution is 2.30. The molecule has 0 spiro atoms. The molecule has 1 aromatic heterocycles. The number of halogens is 4. The first-order valence-corrected chi connectivity index (χ1v) is 5.68. The average Bonchev–Trinajstić information content (AvgIpc) is 2.33. The minimum absolute atomic E-state index is 0.0767. The van der Waals surface area contributed by atoms with Gasteiger partial charge in [0.25, 0.3) is 0 Å². The molecule has 0 bridgehead atoms. The summed E-state index contributed by atoms with van der Waals surface area (Å²) >= 11 is 5.62. The lowest BCUT2D eigenvalue weighted by molar-refractivity contribution is -0.137. The molecule has 19 heavy (non-hydrogen) atoms. The average molecular weight is 288 g/mol. The number of hydrogen-bond acceptors (Lipinski definition) is 3. The highest BCUT2D eigenvalue weighted by Gasteiger charge is 2.30. The molecule has 0 fully saturated rings. The highest BCUT2D eigenvalue weighted by molar-refractivity contribution is 6.31. The van der Waals surface area contributed by atoms with Gasteiger partial charge in [-0.1, -0.05) is 29.8 Å². The summed E-state index contributed by atoms with van der Waals surface area (Å²) in [6, 6.07) is 6.53. The summed E-state index contributed by atoms with van der Waals surface area (Å²) in [5, 5.41) is 7.47. The Labute approximate surface area is 112 Å². The van der Waals surface area contributed by atoms with Crippen LogP contribution in [0.25, 0.3) is 0 Å². The summed E-state index contributed by atoms with van der Waals surface area (Å²) in [4.78, 5) is 0. The van der Waals surface area contributed by atoms with Gasteiger partial charge < -0.3 is 5.73 Å². The maximum Gasteiger partial charge on any atom is 0.416 e. The van der Waals surface area contributed by atoms with Crippen LogP contribution in [-0.2, 0) is 12.6 Å². The van der Waals surface area contributed by atoms with Crippen molar-refractivity contribution in [2.24, 2.45) is 0 Å². The van der Waals surface area contributed by atoms with Gasteiger partial charge in [0.2, 0.25) is 0 Å². The van der Waals surface area contributed by atoms with Gasteiger partial charge in [0.15, 0.2) is 5.15 Å². The molecule has 3 nitrogen and oxygen atoms in total. The van der Waals surface area contributed by atoms with Crippen LogP contribution in [0.1, 0.15) is 16.8 Å². The number of nitrogens with zero attached hydrogens (tertiary/aromatic N) is 2. The lowest BCUT2D eigenvalue weighted by Crippen LogP contribution is -2.06. The number of alkyl halides is 3. The molecule has 0 aliphatic heterocycles. The van der Waals surface area contributed by atoms with Crippen LogP contribution in [0.4, 0.5) is 18.9 Å². The number of nitrogen functional groups attached to an aromatic ring is 1. The van der Waals surface area contributed by atoms with Crippen LogP contribution in [0.15, 0.2) is 30.3 Å². The van der Waals surface area contributed by atoms with Gasteiger partial charge in [0.1, 0.15) is 0 Å². The van der Waals surface area contributed by atoms with Gasteiger partial charge in [0, 0.05) is 6.42 Å². The second-order valence-electron chi connectivity index (χ2n) is 3.96. The van der Waals surface area contributed by atoms with Gasteiger partial charge in [-0.15, -0.1) is 5.10 Å². The summed E-state index contributed by atoms with van der Waals surface area (Å²) in [5.41, 5.74) is 6.05. The second-order valence-corrected chi connectivity index (χ2v) is 4.31. The van der Waals surface area contributed by atoms with E-state index in [-0.39, 0.29) is 17.3 Å². The van der Waals surface area contributed by atoms with Gasteiger partial charge in [-0.05, 0) is 17.7 Å². The molecule has 0 aliphatic rings. The van der Waals surface area contributed by atoms with Gasteiger partial charge in [0.05, 0.1) is 16.9 Å². The van der Waals surface area contributed by atoms with E-state index in [4.69, 9.17) is 17.3 Å². The van der Waals surface area contributed by atoms with Crippen molar-refractivity contribution >= 4 is 17.3 Å². The van der Waals surface area contributed by atoms with Crippen molar-refractivity contribution in [1.82, 2.24) is 10.2 Å². The summed E-state index contributed by atoms with van der Waals surface area (Å²) in [6.07, 6.45) is -4.15. The first-order valence-electron chi connectivity index (χ1n) is 5.30. The van der Waals surface area contributed by atoms with Crippen LogP contribution in [0.3, 0.4) is 0 Å². The van der Waals surface area contributed by atoms with E-state index < -0.39 is 11.7 Å². The summed E-state index contributed by atoms with van der Waals surface area (Å²) < 4.78 is 37.7. The van der Waals surface area contributed by atoms with Crippen molar-refractivity contribution in [3.63, 3.8) is 0 Å². The fraction of sp³-hybridized carbons (Fsp3) is 0.167. The Kier molecular flexibility index (Phi) is 3.61. The van der Waals surface area contributed by atoms with E-state index in [2.05, 4.69) is 10.2 Å². The van der Waals surface area contributed by atoms with Crippen molar-refractivity contribution < 1.29 is 13.2 Å². The van der Waals surface area contributed by atoms with Crippen molar-refractivity contribution in [3.05, 3.63) is 52.3 Å². The molecule has 1 heterocycles. The van der Waals surface area contributed by atoms with E-state index in [9.17, 15) is 13.2 Å². The molecule has 0 aliphatic carbocycles. The predicted octanol–water partition coefficient (Wildman–Crippen LogP) is 3.32. The van der Waals surface area contributed by atoms with Crippen LogP contribution < -0.4 is 5.73 Å². The molecule has 2 rings (SSSR count). The number of nitrogens with two attached hydrogens (primary N) is 1. The molecule has 2 N–H and O–H groups in total. The maximum atomic E-state index is 12.6. The molecule has 0 saturated heterocycles. The number of anilines is 1. The Morgan fingerprint density at radius 3 is 2.53 bits per heavy atom. The van der Waals surface area contributed by atoms with Crippen LogP contribution in [-0.4, -0.2) is 10.2 Å². The minimum atomic E-state index is -4.36. The van der Waals surface area contributed by atoms with Gasteiger partial charge in [-0.25, -0.2) is 0 Å². The molecule has 0 saturated carbocycles. The van der Waals surface area contributed by atoms with Crippen molar-refractivity contribution in [1.29, 1.82) is 0 Å². The number of benzene rings is 1. The van der Waals surface area contributed by atoms with Gasteiger partial charge in [-0.2, -0.15) is 18.3 Å². The molecular weight excluding hydrogens is 279 g/mol. The zero-order valence-corrected chi connectivity index (χ0v) is 10.3. The molecule has 0 radical (unpaired) electrons. The molecule has 1 aromatic carbocycles. The van der Waals surface area contributed by atoms with Crippen LogP contribution in [0.2, 0.25) is 5.15 Å². The highest BCUT2D eigenvalue weighted by atomic mass is 35.5. The fourth-order valence-electron chi connectivity index (χ4n) is 1.59. The Balaban J connectivity index is 2.26. The smallest absolute Gasteiger partial charge is 0.396 e. The van der Waals surface area contributed by atoms with E-state index in [1.54, 1.807) is 6.07 Å². The number of hydrogen-bond donors (Lipinski definition) is 1. The van der Waals surface area contributed by atoms with Crippen LogP contribution >= 0.6 is 11.6 Å². The molecule has 0 amide bonds. The normalized spacial score (nSPS) is 11.6. The van der Waals surface area contributed by atoms with E-state index in [0.717, 1.165) is 12.1 Å². The van der Waals surface area contributed by atoms with Crippen molar-refractivity contribution in [3.8, 4) is 0 Å². The third-order valence-electron chi connectivity index (χ3n) is 2.47. The number of aromatic nitrogens is 2. The third-order valence-corrected chi connectivity index (χ3v) is 2.76. The minimum Gasteiger partial charge on any atom is -0.396 e. The molecule has 2 aromatic rings. The second kappa shape index (κ2) is 5.05. The zero-order chi connectivity index (χ0) is 14.0. The first-order chi connectivity index (χ1) is 8.86. The predicted molar refractivity (Wildman–Crippen MR) is 65.7 cm³/mol. The Bertz CT molecular complexity index is 599. The summed E-state index contributed by atoms with van der Waals surface area (Å²) in [6.45, 7) is 0. The van der Waals surface area contributed by atoms with E-state index >= 15 is 0 Å². The Morgan fingerprint density at radius 2 is 1.89 bits per heavy atom. The SMILES string of the molecule is Nc1cc(Cc2cccc(C(F)(F)F)c2)nnc1Cl. The molecule has 0 atom stereocenters. The van der Waals surface area contributed by atoms with Gasteiger partial charge >= 0.3 is 6.18 Å². The quantitative estimate of drug-likeness (QED) is 0.922. The van der Waals surface area contributed by atoms with Crippen molar-refractivity contribution in [2.75, 3.05) is 5.73 Å². The zero-order valence-electron chi connectivity index (χ0n) is 9.58. The topological polar surface area (TPSA) is 51.8 Å². The molecule has 7 heteroatoms. The lowest BCUT2D eigenvalue weighted by Gasteiger charge is -2.08. The summed E-state index contributed by atoms with van der Waals surface area (Å²) in [5.74, 6) is 0. The molecular formula is C12H9ClF3N3. The monoisotopic (exact) mass is 287 g/mol.